The van der Waals surface area contributed by atoms with Gasteiger partial charge in [-0.2, -0.15) is 0 Å². The maximum Gasteiger partial charge on any atom is 0.185 e. The molecular formula is C11H24N4. The highest BCUT2D eigenvalue weighted by atomic mass is 15.1. The molecule has 0 spiro atoms. The van der Waals surface area contributed by atoms with Crippen LogP contribution in [0.5, 0.6) is 0 Å². The van der Waals surface area contributed by atoms with Gasteiger partial charge in [-0.25, -0.2) is 0 Å². The third kappa shape index (κ3) is 5.02. The van der Waals surface area contributed by atoms with Gasteiger partial charge in [0.05, 0.1) is 0 Å². The highest BCUT2D eigenvalue weighted by Crippen LogP contribution is 2.21. The molecule has 4 nitrogen and oxygen atoms in total. The summed E-state index contributed by atoms with van der Waals surface area (Å²) in [6, 6.07) is 0.790. The zero-order valence-corrected chi connectivity index (χ0v) is 9.78. The van der Waals surface area contributed by atoms with Gasteiger partial charge in [-0.3, -0.25) is 4.99 Å². The summed E-state index contributed by atoms with van der Waals surface area (Å²) in [6.45, 7) is 1.85. The summed E-state index contributed by atoms with van der Waals surface area (Å²) < 4.78 is 0. The van der Waals surface area contributed by atoms with E-state index in [-0.39, 0.29) is 5.96 Å². The van der Waals surface area contributed by atoms with E-state index in [1.807, 2.05) is 0 Å². The van der Waals surface area contributed by atoms with Crippen LogP contribution in [-0.4, -0.2) is 37.0 Å². The summed E-state index contributed by atoms with van der Waals surface area (Å²) in [4.78, 5) is 6.45. The maximum absolute atomic E-state index is 5.27. The minimum Gasteiger partial charge on any atom is -0.370 e. The van der Waals surface area contributed by atoms with E-state index in [4.69, 9.17) is 11.5 Å². The van der Waals surface area contributed by atoms with E-state index in [0.29, 0.717) is 0 Å². The normalized spacial score (nSPS) is 18.0. The quantitative estimate of drug-likeness (QED) is 0.404. The standard InChI is InChI=1S/C11H24N4/c1-15(9-5-8-14-11(12)13)10-6-3-2-4-7-10/h10H,2-9H2,1H3,(H4,12,13,14). The van der Waals surface area contributed by atoms with Crippen LogP contribution in [0.3, 0.4) is 0 Å². The van der Waals surface area contributed by atoms with Crippen molar-refractivity contribution >= 4 is 5.96 Å². The minimum absolute atomic E-state index is 0.204. The molecule has 0 saturated heterocycles. The molecule has 1 saturated carbocycles. The van der Waals surface area contributed by atoms with Crippen molar-refractivity contribution < 1.29 is 0 Å². The van der Waals surface area contributed by atoms with Crippen LogP contribution in [-0.2, 0) is 0 Å². The smallest absolute Gasteiger partial charge is 0.185 e. The molecule has 0 aromatic heterocycles. The van der Waals surface area contributed by atoms with Gasteiger partial charge in [0.15, 0.2) is 5.96 Å². The Balaban J connectivity index is 2.11. The molecule has 0 bridgehead atoms. The van der Waals surface area contributed by atoms with Gasteiger partial charge in [-0.15, -0.1) is 0 Å². The lowest BCUT2D eigenvalue weighted by atomic mass is 9.94. The lowest BCUT2D eigenvalue weighted by Gasteiger charge is -2.30. The molecule has 0 heterocycles. The first-order valence-corrected chi connectivity index (χ1v) is 5.96. The second kappa shape index (κ2) is 6.67. The van der Waals surface area contributed by atoms with Gasteiger partial charge in [-0.05, 0) is 32.9 Å². The molecule has 1 fully saturated rings. The molecule has 0 amide bonds. The number of nitrogens with zero attached hydrogens (tertiary/aromatic N) is 2. The molecule has 1 rings (SSSR count). The lowest BCUT2D eigenvalue weighted by molar-refractivity contribution is 0.191. The van der Waals surface area contributed by atoms with Crippen molar-refractivity contribution in [2.24, 2.45) is 16.5 Å². The fraction of sp³-hybridized carbons (Fsp3) is 0.909. The second-order valence-electron chi connectivity index (χ2n) is 4.43. The van der Waals surface area contributed by atoms with Gasteiger partial charge < -0.3 is 16.4 Å². The third-order valence-electron chi connectivity index (χ3n) is 3.16. The average Bonchev–Trinajstić information content (AvgIpc) is 2.25. The number of nitrogens with two attached hydrogens (primary N) is 2. The highest BCUT2D eigenvalue weighted by Gasteiger charge is 2.16. The summed E-state index contributed by atoms with van der Waals surface area (Å²) in [7, 11) is 2.21. The number of aliphatic imine (C=N–C) groups is 1. The molecule has 88 valence electrons. The Kier molecular flexibility index (Phi) is 5.47. The van der Waals surface area contributed by atoms with Crippen molar-refractivity contribution in [3.8, 4) is 0 Å². The molecule has 0 unspecified atom stereocenters. The first kappa shape index (κ1) is 12.3. The first-order valence-electron chi connectivity index (χ1n) is 5.96. The van der Waals surface area contributed by atoms with E-state index >= 15 is 0 Å². The van der Waals surface area contributed by atoms with Gasteiger partial charge in [0.25, 0.3) is 0 Å². The summed E-state index contributed by atoms with van der Waals surface area (Å²) in [5, 5.41) is 0. The van der Waals surface area contributed by atoms with Crippen LogP contribution < -0.4 is 11.5 Å². The topological polar surface area (TPSA) is 67.6 Å². The van der Waals surface area contributed by atoms with E-state index in [1.54, 1.807) is 0 Å². The maximum atomic E-state index is 5.27. The fourth-order valence-electron chi connectivity index (χ4n) is 2.23. The van der Waals surface area contributed by atoms with Crippen LogP contribution >= 0.6 is 0 Å². The third-order valence-corrected chi connectivity index (χ3v) is 3.16. The van der Waals surface area contributed by atoms with Crippen LogP contribution in [0.15, 0.2) is 4.99 Å². The number of rotatable bonds is 5. The predicted octanol–water partition coefficient (Wildman–Crippen LogP) is 0.914. The molecule has 1 aliphatic carbocycles. The molecule has 0 aromatic rings. The number of hydrogen-bond donors (Lipinski definition) is 2. The summed E-state index contributed by atoms with van der Waals surface area (Å²) in [5.41, 5.74) is 10.5. The van der Waals surface area contributed by atoms with Crippen molar-refractivity contribution in [1.82, 2.24) is 4.90 Å². The minimum atomic E-state index is 0.204. The Morgan fingerprint density at radius 3 is 2.53 bits per heavy atom. The van der Waals surface area contributed by atoms with Crippen molar-refractivity contribution in [1.29, 1.82) is 0 Å². The van der Waals surface area contributed by atoms with E-state index in [9.17, 15) is 0 Å². The van der Waals surface area contributed by atoms with Crippen LogP contribution in [0.1, 0.15) is 38.5 Å². The SMILES string of the molecule is CN(CCCN=C(N)N)C1CCCCC1. The van der Waals surface area contributed by atoms with Crippen molar-refractivity contribution in [3.05, 3.63) is 0 Å². The van der Waals surface area contributed by atoms with Crippen molar-refractivity contribution in [2.45, 2.75) is 44.6 Å². The van der Waals surface area contributed by atoms with E-state index in [2.05, 4.69) is 16.9 Å². The highest BCUT2D eigenvalue weighted by molar-refractivity contribution is 5.75. The van der Waals surface area contributed by atoms with E-state index in [0.717, 1.165) is 25.6 Å². The van der Waals surface area contributed by atoms with E-state index < -0.39 is 0 Å². The van der Waals surface area contributed by atoms with Gasteiger partial charge in [-0.1, -0.05) is 19.3 Å². The van der Waals surface area contributed by atoms with Crippen LogP contribution in [0, 0.1) is 0 Å². The number of hydrogen-bond acceptors (Lipinski definition) is 2. The van der Waals surface area contributed by atoms with Gasteiger partial charge in [0.2, 0.25) is 0 Å². The van der Waals surface area contributed by atoms with Gasteiger partial charge in [0.1, 0.15) is 0 Å². The fourth-order valence-corrected chi connectivity index (χ4v) is 2.23. The Morgan fingerprint density at radius 2 is 1.93 bits per heavy atom. The largest absolute Gasteiger partial charge is 0.370 e. The zero-order valence-electron chi connectivity index (χ0n) is 9.78. The Labute approximate surface area is 92.7 Å². The molecule has 15 heavy (non-hydrogen) atoms. The first-order chi connectivity index (χ1) is 7.20. The molecular weight excluding hydrogens is 188 g/mol. The molecule has 4 heteroatoms. The van der Waals surface area contributed by atoms with Gasteiger partial charge >= 0.3 is 0 Å². The summed E-state index contributed by atoms with van der Waals surface area (Å²) in [5.74, 6) is 0.204. The van der Waals surface area contributed by atoms with E-state index in [1.165, 1.54) is 32.1 Å². The van der Waals surface area contributed by atoms with Crippen molar-refractivity contribution in [2.75, 3.05) is 20.1 Å². The Hall–Kier alpha value is -0.770. The van der Waals surface area contributed by atoms with Gasteiger partial charge in [0, 0.05) is 12.6 Å². The van der Waals surface area contributed by atoms with Crippen LogP contribution in [0.4, 0.5) is 0 Å². The Bertz CT molecular complexity index is 193. The molecule has 0 aliphatic heterocycles. The van der Waals surface area contributed by atoms with Crippen LogP contribution in [0.2, 0.25) is 0 Å². The average molecular weight is 212 g/mol. The number of guanidine groups is 1. The summed E-state index contributed by atoms with van der Waals surface area (Å²) >= 11 is 0. The van der Waals surface area contributed by atoms with Crippen LogP contribution in [0.25, 0.3) is 0 Å². The molecule has 1 aliphatic rings. The monoisotopic (exact) mass is 212 g/mol. The summed E-state index contributed by atoms with van der Waals surface area (Å²) in [6.07, 6.45) is 7.96. The molecule has 4 N–H and O–H groups in total. The Morgan fingerprint density at radius 1 is 1.27 bits per heavy atom. The molecule has 0 aromatic carbocycles. The predicted molar refractivity (Wildman–Crippen MR) is 64.8 cm³/mol. The zero-order chi connectivity index (χ0) is 11.1. The van der Waals surface area contributed by atoms with Crippen molar-refractivity contribution in [3.63, 3.8) is 0 Å². The molecule has 0 atom stereocenters. The second-order valence-corrected chi connectivity index (χ2v) is 4.43. The molecule has 0 radical (unpaired) electrons. The lowest BCUT2D eigenvalue weighted by Crippen LogP contribution is -2.34.